The lowest BCUT2D eigenvalue weighted by molar-refractivity contribution is -0.119. The van der Waals surface area contributed by atoms with E-state index in [2.05, 4.69) is 10.3 Å². The van der Waals surface area contributed by atoms with E-state index in [0.717, 1.165) is 11.1 Å². The third-order valence-corrected chi connectivity index (χ3v) is 2.50. The molecule has 0 aliphatic rings. The Hall–Kier alpha value is -2.16. The van der Waals surface area contributed by atoms with Gasteiger partial charge in [-0.3, -0.25) is 9.78 Å². The molecule has 1 N–H and O–H groups in total. The lowest BCUT2D eigenvalue weighted by Crippen LogP contribution is -2.26. The summed E-state index contributed by atoms with van der Waals surface area (Å²) in [4.78, 5) is 15.4. The summed E-state index contributed by atoms with van der Waals surface area (Å²) in [5, 5.41) is 2.93. The van der Waals surface area contributed by atoms with E-state index in [4.69, 9.17) is 0 Å². The number of carbonyl (C=O) groups is 1. The summed E-state index contributed by atoms with van der Waals surface area (Å²) in [5.41, 5.74) is 2.03. The predicted molar refractivity (Wildman–Crippen MR) is 66.3 cm³/mol. The fraction of sp³-hybridized carbons (Fsp3) is 0.143. The second-order valence-electron chi connectivity index (χ2n) is 3.83. The zero-order valence-electron chi connectivity index (χ0n) is 9.63. The summed E-state index contributed by atoms with van der Waals surface area (Å²) in [5.74, 6) is -0.0530. The predicted octanol–water partition coefficient (Wildman–Crippen LogP) is 2.31. The molecule has 1 aromatic heterocycles. The van der Waals surface area contributed by atoms with Crippen LogP contribution in [0.1, 0.15) is 24.1 Å². The van der Waals surface area contributed by atoms with Crippen molar-refractivity contribution in [1.82, 2.24) is 10.3 Å². The number of amides is 1. The Bertz CT molecular complexity index is 443. The van der Waals surface area contributed by atoms with Gasteiger partial charge in [-0.15, -0.1) is 0 Å². The summed E-state index contributed by atoms with van der Waals surface area (Å²) in [6, 6.07) is 13.6. The Kier molecular flexibility index (Phi) is 3.50. The minimum absolute atomic E-state index is 0.0530. The minimum Gasteiger partial charge on any atom is -0.345 e. The number of aromatic nitrogens is 1. The molecule has 86 valence electrons. The van der Waals surface area contributed by atoms with E-state index < -0.39 is 0 Å². The van der Waals surface area contributed by atoms with Crippen LogP contribution in [0.15, 0.2) is 54.9 Å². The van der Waals surface area contributed by atoms with Gasteiger partial charge in [0.1, 0.15) is 0 Å². The molecule has 2 aromatic rings. The zero-order valence-corrected chi connectivity index (χ0v) is 9.63. The van der Waals surface area contributed by atoms with Crippen LogP contribution in [0.4, 0.5) is 0 Å². The van der Waals surface area contributed by atoms with Gasteiger partial charge in [0.15, 0.2) is 0 Å². The summed E-state index contributed by atoms with van der Waals surface area (Å²) in [6.07, 6.45) is 3.49. The van der Waals surface area contributed by atoms with E-state index >= 15 is 0 Å². The van der Waals surface area contributed by atoms with E-state index in [1.807, 2.05) is 42.5 Å². The molecule has 0 saturated carbocycles. The van der Waals surface area contributed by atoms with E-state index in [1.54, 1.807) is 12.4 Å². The molecule has 2 rings (SSSR count). The first-order valence-electron chi connectivity index (χ1n) is 5.49. The fourth-order valence-corrected chi connectivity index (χ4v) is 1.75. The normalized spacial score (nSPS) is 11.8. The quantitative estimate of drug-likeness (QED) is 0.872. The largest absolute Gasteiger partial charge is 0.345 e. The molecular formula is C14H14N2O. The first kappa shape index (κ1) is 11.3. The molecule has 0 unspecified atom stereocenters. The number of carbonyl (C=O) groups excluding carboxylic acids is 1. The van der Waals surface area contributed by atoms with E-state index in [-0.39, 0.29) is 11.9 Å². The highest BCUT2D eigenvalue weighted by molar-refractivity contribution is 5.74. The van der Waals surface area contributed by atoms with Crippen molar-refractivity contribution in [2.24, 2.45) is 0 Å². The van der Waals surface area contributed by atoms with Crippen molar-refractivity contribution >= 4 is 5.91 Å². The van der Waals surface area contributed by atoms with Crippen molar-refractivity contribution in [3.63, 3.8) is 0 Å². The van der Waals surface area contributed by atoms with Crippen molar-refractivity contribution in [3.05, 3.63) is 66.0 Å². The molecule has 1 heterocycles. The van der Waals surface area contributed by atoms with Crippen LogP contribution in [-0.2, 0) is 4.79 Å². The van der Waals surface area contributed by atoms with Crippen molar-refractivity contribution in [2.45, 2.75) is 13.0 Å². The van der Waals surface area contributed by atoms with E-state index in [1.165, 1.54) is 6.92 Å². The second-order valence-corrected chi connectivity index (χ2v) is 3.83. The number of hydrogen-bond acceptors (Lipinski definition) is 2. The number of nitrogens with zero attached hydrogens (tertiary/aromatic N) is 1. The lowest BCUT2D eigenvalue weighted by Gasteiger charge is -2.18. The van der Waals surface area contributed by atoms with Gasteiger partial charge in [-0.05, 0) is 17.2 Å². The lowest BCUT2D eigenvalue weighted by atomic mass is 10.0. The molecule has 0 saturated heterocycles. The summed E-state index contributed by atoms with van der Waals surface area (Å²) < 4.78 is 0. The van der Waals surface area contributed by atoms with Gasteiger partial charge in [0.2, 0.25) is 5.91 Å². The molecule has 0 aliphatic carbocycles. The molecule has 0 radical (unpaired) electrons. The van der Waals surface area contributed by atoms with Crippen LogP contribution in [0, 0.1) is 0 Å². The van der Waals surface area contributed by atoms with E-state index in [9.17, 15) is 4.79 Å². The third-order valence-electron chi connectivity index (χ3n) is 2.50. The SMILES string of the molecule is CC(=O)N[C@@H](c1ccccc1)c1cccnc1. The summed E-state index contributed by atoms with van der Waals surface area (Å²) in [6.45, 7) is 1.52. The first-order valence-corrected chi connectivity index (χ1v) is 5.49. The van der Waals surface area contributed by atoms with Crippen LogP contribution >= 0.6 is 0 Å². The number of benzene rings is 1. The van der Waals surface area contributed by atoms with Gasteiger partial charge in [-0.1, -0.05) is 36.4 Å². The average Bonchev–Trinajstić information content (AvgIpc) is 2.38. The maximum Gasteiger partial charge on any atom is 0.217 e. The van der Waals surface area contributed by atoms with Crippen LogP contribution in [0.3, 0.4) is 0 Å². The molecule has 1 aromatic carbocycles. The molecule has 3 heteroatoms. The first-order chi connectivity index (χ1) is 8.27. The number of pyridine rings is 1. The molecule has 0 bridgehead atoms. The molecular weight excluding hydrogens is 212 g/mol. The van der Waals surface area contributed by atoms with Crippen LogP contribution in [0.5, 0.6) is 0 Å². The maximum atomic E-state index is 11.3. The van der Waals surface area contributed by atoms with Gasteiger partial charge >= 0.3 is 0 Å². The van der Waals surface area contributed by atoms with Crippen molar-refractivity contribution in [2.75, 3.05) is 0 Å². The van der Waals surface area contributed by atoms with Gasteiger partial charge < -0.3 is 5.32 Å². The second kappa shape index (κ2) is 5.25. The summed E-state index contributed by atoms with van der Waals surface area (Å²) >= 11 is 0. The molecule has 1 amide bonds. The highest BCUT2D eigenvalue weighted by atomic mass is 16.1. The van der Waals surface area contributed by atoms with Crippen LogP contribution in [0.2, 0.25) is 0 Å². The van der Waals surface area contributed by atoms with Crippen LogP contribution < -0.4 is 5.32 Å². The van der Waals surface area contributed by atoms with Gasteiger partial charge in [0.05, 0.1) is 6.04 Å². The van der Waals surface area contributed by atoms with Gasteiger partial charge in [0, 0.05) is 19.3 Å². The highest BCUT2D eigenvalue weighted by Crippen LogP contribution is 2.20. The van der Waals surface area contributed by atoms with Gasteiger partial charge in [-0.2, -0.15) is 0 Å². The van der Waals surface area contributed by atoms with Crippen LogP contribution in [0.25, 0.3) is 0 Å². The third kappa shape index (κ3) is 2.91. The van der Waals surface area contributed by atoms with Gasteiger partial charge in [0.25, 0.3) is 0 Å². The average molecular weight is 226 g/mol. The molecule has 17 heavy (non-hydrogen) atoms. The monoisotopic (exact) mass is 226 g/mol. The Morgan fingerprint density at radius 1 is 1.12 bits per heavy atom. The Morgan fingerprint density at radius 2 is 1.82 bits per heavy atom. The smallest absolute Gasteiger partial charge is 0.217 e. The molecule has 0 fully saturated rings. The fourth-order valence-electron chi connectivity index (χ4n) is 1.75. The van der Waals surface area contributed by atoms with Crippen LogP contribution in [-0.4, -0.2) is 10.9 Å². The number of rotatable bonds is 3. The minimum atomic E-state index is -0.137. The molecule has 3 nitrogen and oxygen atoms in total. The zero-order chi connectivity index (χ0) is 12.1. The van der Waals surface area contributed by atoms with Crippen molar-refractivity contribution in [3.8, 4) is 0 Å². The van der Waals surface area contributed by atoms with Crippen molar-refractivity contribution < 1.29 is 4.79 Å². The Balaban J connectivity index is 2.36. The molecule has 0 spiro atoms. The maximum absolute atomic E-state index is 11.3. The number of hydrogen-bond donors (Lipinski definition) is 1. The summed E-state index contributed by atoms with van der Waals surface area (Å²) in [7, 11) is 0. The Morgan fingerprint density at radius 3 is 2.41 bits per heavy atom. The molecule has 1 atom stereocenters. The van der Waals surface area contributed by atoms with E-state index in [0.29, 0.717) is 0 Å². The number of nitrogens with one attached hydrogen (secondary N) is 1. The topological polar surface area (TPSA) is 42.0 Å². The van der Waals surface area contributed by atoms with Gasteiger partial charge in [-0.25, -0.2) is 0 Å². The standard InChI is InChI=1S/C14H14N2O/c1-11(17)16-14(12-6-3-2-4-7-12)13-8-5-9-15-10-13/h2-10,14H,1H3,(H,16,17)/t14-/m0/s1. The van der Waals surface area contributed by atoms with Crippen molar-refractivity contribution in [1.29, 1.82) is 0 Å². The highest BCUT2D eigenvalue weighted by Gasteiger charge is 2.14. The molecule has 0 aliphatic heterocycles. The Labute approximate surface area is 101 Å².